The molecule has 0 unspecified atom stereocenters. The topological polar surface area (TPSA) is 64.6 Å². The van der Waals surface area contributed by atoms with Gasteiger partial charge in [0.15, 0.2) is 11.6 Å². The van der Waals surface area contributed by atoms with Crippen molar-refractivity contribution in [2.45, 2.75) is 12.5 Å². The molecule has 0 bridgehead atoms. The first-order valence-electron chi connectivity index (χ1n) is 10.2. The fourth-order valence-corrected chi connectivity index (χ4v) is 3.76. The molecule has 1 aliphatic heterocycles. The van der Waals surface area contributed by atoms with Crippen LogP contribution in [0, 0.1) is 24.4 Å². The molecule has 0 spiro atoms. The normalized spacial score (nSPS) is 14.5. The minimum Gasteiger partial charge on any atom is -0.384 e. The van der Waals surface area contributed by atoms with E-state index in [1.165, 1.54) is 17.0 Å². The van der Waals surface area contributed by atoms with E-state index in [4.69, 9.17) is 11.6 Å². The molecule has 33 heavy (non-hydrogen) atoms. The lowest BCUT2D eigenvalue weighted by Gasteiger charge is -2.46. The number of halogens is 4. The van der Waals surface area contributed by atoms with Gasteiger partial charge in [0.2, 0.25) is 0 Å². The average Bonchev–Trinajstić information content (AvgIpc) is 2.76. The lowest BCUT2D eigenvalue weighted by molar-refractivity contribution is -0.0706. The zero-order valence-electron chi connectivity index (χ0n) is 17.6. The number of rotatable bonds is 6. The molecule has 9 heteroatoms. The first-order valence-corrected chi connectivity index (χ1v) is 10.6. The number of nitrogens with zero attached hydrogens (tertiary/aromatic N) is 1. The van der Waals surface area contributed by atoms with Crippen LogP contribution < -0.4 is 10.6 Å². The smallest absolute Gasteiger partial charge is 0.256 e. The van der Waals surface area contributed by atoms with E-state index in [1.807, 2.05) is 0 Å². The Bertz CT molecular complexity index is 1200. The van der Waals surface area contributed by atoms with Gasteiger partial charge in [0.25, 0.3) is 5.91 Å². The highest BCUT2D eigenvalue weighted by molar-refractivity contribution is 6.30. The Hall–Kier alpha value is -3.23. The molecule has 172 valence electrons. The van der Waals surface area contributed by atoms with Crippen LogP contribution in [0.25, 0.3) is 0 Å². The van der Waals surface area contributed by atoms with Crippen molar-refractivity contribution in [3.05, 3.63) is 88.2 Å². The molecule has 5 nitrogen and oxygen atoms in total. The van der Waals surface area contributed by atoms with Gasteiger partial charge in [-0.15, -0.1) is 0 Å². The lowest BCUT2D eigenvalue weighted by Crippen LogP contribution is -2.66. The van der Waals surface area contributed by atoms with Crippen LogP contribution in [0.2, 0.25) is 5.02 Å². The predicted octanol–water partition coefficient (Wildman–Crippen LogP) is 5.11. The molecule has 3 aromatic rings. The van der Waals surface area contributed by atoms with Crippen molar-refractivity contribution in [3.8, 4) is 0 Å². The van der Waals surface area contributed by atoms with Gasteiger partial charge in [0, 0.05) is 17.3 Å². The van der Waals surface area contributed by atoms with Gasteiger partial charge in [0.1, 0.15) is 11.4 Å². The molecule has 0 saturated carbocycles. The summed E-state index contributed by atoms with van der Waals surface area (Å²) >= 11 is 5.86. The van der Waals surface area contributed by atoms with E-state index >= 15 is 0 Å². The van der Waals surface area contributed by atoms with Gasteiger partial charge in [-0.2, -0.15) is 0 Å². The third kappa shape index (κ3) is 4.91. The summed E-state index contributed by atoms with van der Waals surface area (Å²) in [5.41, 5.74) is -0.499. The lowest BCUT2D eigenvalue weighted by atomic mass is 9.92. The molecule has 1 amide bonds. The number of nitrogens with one attached hydrogen (secondary N) is 2. The summed E-state index contributed by atoms with van der Waals surface area (Å²) in [6.45, 7) is 1.85. The molecule has 1 fully saturated rings. The van der Waals surface area contributed by atoms with Crippen molar-refractivity contribution in [2.75, 3.05) is 30.3 Å². The van der Waals surface area contributed by atoms with E-state index in [-0.39, 0.29) is 30.9 Å². The van der Waals surface area contributed by atoms with Crippen molar-refractivity contribution in [1.82, 2.24) is 4.90 Å². The fraction of sp³-hybridized carbons (Fsp3) is 0.208. The van der Waals surface area contributed by atoms with Gasteiger partial charge in [0.05, 0.1) is 30.0 Å². The van der Waals surface area contributed by atoms with Gasteiger partial charge in [-0.3, -0.25) is 4.79 Å². The Morgan fingerprint density at radius 2 is 1.76 bits per heavy atom. The number of benzene rings is 3. The van der Waals surface area contributed by atoms with E-state index in [2.05, 4.69) is 10.6 Å². The second-order valence-corrected chi connectivity index (χ2v) is 8.57. The molecule has 1 aliphatic rings. The second-order valence-electron chi connectivity index (χ2n) is 8.14. The number of amides is 1. The molecule has 1 saturated heterocycles. The summed E-state index contributed by atoms with van der Waals surface area (Å²) in [5, 5.41) is 16.8. The number of carbonyl (C=O) groups is 1. The maximum Gasteiger partial charge on any atom is 0.256 e. The highest BCUT2D eigenvalue weighted by atomic mass is 35.5. The van der Waals surface area contributed by atoms with Crippen LogP contribution >= 0.6 is 11.6 Å². The van der Waals surface area contributed by atoms with Crippen LogP contribution in [0.1, 0.15) is 15.9 Å². The predicted molar refractivity (Wildman–Crippen MR) is 122 cm³/mol. The maximum absolute atomic E-state index is 14.6. The second kappa shape index (κ2) is 8.96. The number of hydrogen-bond donors (Lipinski definition) is 3. The Morgan fingerprint density at radius 3 is 2.42 bits per heavy atom. The van der Waals surface area contributed by atoms with Crippen molar-refractivity contribution in [2.24, 2.45) is 0 Å². The molecule has 1 heterocycles. The molecular weight excluding hydrogens is 455 g/mol. The summed E-state index contributed by atoms with van der Waals surface area (Å²) < 4.78 is 42.8. The van der Waals surface area contributed by atoms with Crippen LogP contribution in [0.5, 0.6) is 0 Å². The third-order valence-electron chi connectivity index (χ3n) is 5.43. The maximum atomic E-state index is 14.6. The van der Waals surface area contributed by atoms with E-state index in [1.54, 1.807) is 37.3 Å². The number of hydrogen-bond acceptors (Lipinski definition) is 4. The summed E-state index contributed by atoms with van der Waals surface area (Å²) in [7, 11) is 0. The van der Waals surface area contributed by atoms with Crippen LogP contribution in [0.4, 0.5) is 30.2 Å². The van der Waals surface area contributed by atoms with E-state index in [9.17, 15) is 23.1 Å². The number of aryl methyl sites for hydroxylation is 1. The van der Waals surface area contributed by atoms with Gasteiger partial charge in [-0.25, -0.2) is 13.2 Å². The molecule has 3 N–H and O–H groups in total. The Kier molecular flexibility index (Phi) is 6.23. The minimum atomic E-state index is -1.29. The number of aliphatic hydroxyl groups is 1. The molecule has 0 aromatic heterocycles. The Morgan fingerprint density at radius 1 is 1.06 bits per heavy atom. The summed E-state index contributed by atoms with van der Waals surface area (Å²) in [6, 6.07) is 13.1. The summed E-state index contributed by atoms with van der Waals surface area (Å²) in [5.74, 6) is -3.74. The molecule has 4 rings (SSSR count). The Balaban J connectivity index is 1.48. The van der Waals surface area contributed by atoms with Crippen LogP contribution in [-0.2, 0) is 0 Å². The largest absolute Gasteiger partial charge is 0.384 e. The first kappa shape index (κ1) is 22.9. The van der Waals surface area contributed by atoms with Crippen molar-refractivity contribution in [3.63, 3.8) is 0 Å². The number of likely N-dealkylation sites (tertiary alicyclic amines) is 1. The van der Waals surface area contributed by atoms with E-state index in [0.29, 0.717) is 10.6 Å². The Labute approximate surface area is 193 Å². The van der Waals surface area contributed by atoms with Crippen molar-refractivity contribution < 1.29 is 23.1 Å². The standard InChI is InChI=1S/C24H21ClF3N3O2/c1-14-2-9-20(19(27)10-14)30-22-17(7-8-18(26)21(22)28)23(32)31-12-24(33,13-31)11-29-16-5-3-15(25)4-6-16/h2-10,29-30,33H,11-13H2,1H3. The molecule has 0 aliphatic carbocycles. The molecule has 0 atom stereocenters. The number of carbonyl (C=O) groups excluding carboxylic acids is 1. The first-order chi connectivity index (χ1) is 15.6. The number of anilines is 3. The zero-order valence-corrected chi connectivity index (χ0v) is 18.4. The molecular formula is C24H21ClF3N3O2. The van der Waals surface area contributed by atoms with Crippen LogP contribution in [0.15, 0.2) is 54.6 Å². The van der Waals surface area contributed by atoms with Crippen LogP contribution in [0.3, 0.4) is 0 Å². The summed E-state index contributed by atoms with van der Waals surface area (Å²) in [6.07, 6.45) is 0. The number of β-amino-alcohol motifs (C(OH)–C–C–N with tert-alkyl or cyclic N) is 1. The van der Waals surface area contributed by atoms with Crippen molar-refractivity contribution >= 4 is 34.6 Å². The third-order valence-corrected chi connectivity index (χ3v) is 5.68. The van der Waals surface area contributed by atoms with Gasteiger partial charge >= 0.3 is 0 Å². The van der Waals surface area contributed by atoms with Gasteiger partial charge in [-0.05, 0) is 61.0 Å². The van der Waals surface area contributed by atoms with Gasteiger partial charge in [-0.1, -0.05) is 17.7 Å². The SMILES string of the molecule is Cc1ccc(Nc2c(C(=O)N3CC(O)(CNc4ccc(Cl)cc4)C3)ccc(F)c2F)c(F)c1. The fourth-order valence-electron chi connectivity index (χ4n) is 3.63. The highest BCUT2D eigenvalue weighted by Crippen LogP contribution is 2.31. The van der Waals surface area contributed by atoms with Crippen molar-refractivity contribution in [1.29, 1.82) is 0 Å². The minimum absolute atomic E-state index is 0.0102. The average molecular weight is 476 g/mol. The summed E-state index contributed by atoms with van der Waals surface area (Å²) in [4.78, 5) is 14.3. The molecule has 3 aromatic carbocycles. The van der Waals surface area contributed by atoms with Gasteiger partial charge < -0.3 is 20.6 Å². The van der Waals surface area contributed by atoms with E-state index in [0.717, 1.165) is 17.8 Å². The zero-order chi connectivity index (χ0) is 23.8. The van der Waals surface area contributed by atoms with E-state index < -0.39 is 34.6 Å². The monoisotopic (exact) mass is 475 g/mol. The highest BCUT2D eigenvalue weighted by Gasteiger charge is 2.44. The quantitative estimate of drug-likeness (QED) is 0.463. The van der Waals surface area contributed by atoms with Crippen LogP contribution in [-0.4, -0.2) is 41.1 Å². The molecule has 0 radical (unpaired) electrons.